The summed E-state index contributed by atoms with van der Waals surface area (Å²) in [6, 6.07) is -0.536. The van der Waals surface area contributed by atoms with E-state index >= 15 is 0 Å². The molecule has 0 atom stereocenters. The molecule has 0 bridgehead atoms. The first-order chi connectivity index (χ1) is 10.6. The average molecular weight is 331 g/mol. The number of hydrogen-bond acceptors (Lipinski definition) is 4. The smallest absolute Gasteiger partial charge is 0.423 e. The second-order valence-corrected chi connectivity index (χ2v) is 5.29. The topological polar surface area (TPSA) is 70.0 Å². The SMILES string of the molecule is CCc1cnc(Cn2c(=O)c(C(F)(F)F)cn(C(C)C)c2=O)o1. The highest BCUT2D eigenvalue weighted by atomic mass is 19.4. The summed E-state index contributed by atoms with van der Waals surface area (Å²) < 4.78 is 45.7. The van der Waals surface area contributed by atoms with Gasteiger partial charge in [0.2, 0.25) is 5.89 Å². The van der Waals surface area contributed by atoms with Crippen LogP contribution in [-0.4, -0.2) is 14.1 Å². The van der Waals surface area contributed by atoms with Crippen LogP contribution in [0.3, 0.4) is 0 Å². The predicted octanol–water partition coefficient (Wildman–Crippen LogP) is 2.21. The van der Waals surface area contributed by atoms with Crippen LogP contribution in [0.4, 0.5) is 13.2 Å². The van der Waals surface area contributed by atoms with Gasteiger partial charge in [-0.3, -0.25) is 13.9 Å². The molecule has 0 aliphatic carbocycles. The molecule has 0 fully saturated rings. The molecule has 2 rings (SSSR count). The third kappa shape index (κ3) is 3.38. The van der Waals surface area contributed by atoms with Crippen LogP contribution in [0.5, 0.6) is 0 Å². The average Bonchev–Trinajstić information content (AvgIpc) is 2.89. The minimum atomic E-state index is -4.85. The van der Waals surface area contributed by atoms with Crippen LogP contribution in [0.1, 0.15) is 44.0 Å². The Bertz CT molecular complexity index is 815. The van der Waals surface area contributed by atoms with Crippen molar-refractivity contribution in [2.24, 2.45) is 0 Å². The number of rotatable bonds is 4. The number of aryl methyl sites for hydroxylation is 1. The van der Waals surface area contributed by atoms with Gasteiger partial charge < -0.3 is 4.42 Å². The van der Waals surface area contributed by atoms with Crippen molar-refractivity contribution in [3.8, 4) is 0 Å². The quantitative estimate of drug-likeness (QED) is 0.861. The highest BCUT2D eigenvalue weighted by molar-refractivity contribution is 5.11. The largest absolute Gasteiger partial charge is 0.444 e. The van der Waals surface area contributed by atoms with Crippen molar-refractivity contribution in [1.29, 1.82) is 0 Å². The van der Waals surface area contributed by atoms with Crippen molar-refractivity contribution < 1.29 is 17.6 Å². The van der Waals surface area contributed by atoms with Crippen LogP contribution >= 0.6 is 0 Å². The molecule has 126 valence electrons. The number of halogens is 3. The lowest BCUT2D eigenvalue weighted by Gasteiger charge is -2.16. The first-order valence-corrected chi connectivity index (χ1v) is 7.01. The molecule has 0 spiro atoms. The molecule has 0 unspecified atom stereocenters. The minimum Gasteiger partial charge on any atom is -0.444 e. The Hall–Kier alpha value is -2.32. The number of oxazole rings is 1. The van der Waals surface area contributed by atoms with Crippen molar-refractivity contribution in [1.82, 2.24) is 14.1 Å². The molecule has 0 aliphatic heterocycles. The fraction of sp³-hybridized carbons (Fsp3) is 0.500. The maximum Gasteiger partial charge on any atom is 0.423 e. The molecule has 0 radical (unpaired) electrons. The first-order valence-electron chi connectivity index (χ1n) is 7.01. The number of aromatic nitrogens is 3. The Balaban J connectivity index is 2.63. The molecule has 0 saturated heterocycles. The molecule has 0 N–H and O–H groups in total. The summed E-state index contributed by atoms with van der Waals surface area (Å²) in [5.74, 6) is 0.528. The standard InChI is InChI=1S/C14H16F3N3O3/c1-4-9-5-18-11(23-9)7-20-12(21)10(14(15,16)17)6-19(8(2)3)13(20)22/h5-6,8H,4,7H2,1-3H3. The van der Waals surface area contributed by atoms with E-state index in [4.69, 9.17) is 4.42 Å². The van der Waals surface area contributed by atoms with Gasteiger partial charge in [0, 0.05) is 18.7 Å². The van der Waals surface area contributed by atoms with E-state index in [0.717, 1.165) is 4.57 Å². The lowest BCUT2D eigenvalue weighted by molar-refractivity contribution is -0.139. The van der Waals surface area contributed by atoms with Gasteiger partial charge in [-0.25, -0.2) is 9.78 Å². The van der Waals surface area contributed by atoms with Crippen molar-refractivity contribution in [3.05, 3.63) is 50.4 Å². The number of alkyl halides is 3. The highest BCUT2D eigenvalue weighted by Crippen LogP contribution is 2.26. The molecule has 6 nitrogen and oxygen atoms in total. The van der Waals surface area contributed by atoms with Crippen molar-refractivity contribution in [2.45, 2.75) is 46.0 Å². The van der Waals surface area contributed by atoms with Gasteiger partial charge in [-0.2, -0.15) is 13.2 Å². The Kier molecular flexibility index (Phi) is 4.49. The lowest BCUT2D eigenvalue weighted by atomic mass is 10.3. The molecule has 9 heteroatoms. The van der Waals surface area contributed by atoms with Crippen molar-refractivity contribution >= 4 is 0 Å². The van der Waals surface area contributed by atoms with Crippen molar-refractivity contribution in [3.63, 3.8) is 0 Å². The zero-order valence-electron chi connectivity index (χ0n) is 12.8. The summed E-state index contributed by atoms with van der Waals surface area (Å²) in [6.07, 6.45) is -2.34. The Labute approximate surface area is 129 Å². The normalized spacial score (nSPS) is 12.1. The molecule has 23 heavy (non-hydrogen) atoms. The van der Waals surface area contributed by atoms with Gasteiger partial charge in [-0.15, -0.1) is 0 Å². The summed E-state index contributed by atoms with van der Waals surface area (Å²) in [6.45, 7) is 4.47. The van der Waals surface area contributed by atoms with Crippen LogP contribution in [0.15, 0.2) is 26.4 Å². The molecule has 0 aromatic carbocycles. The van der Waals surface area contributed by atoms with Crippen LogP contribution in [0.25, 0.3) is 0 Å². The Morgan fingerprint density at radius 1 is 1.30 bits per heavy atom. The van der Waals surface area contributed by atoms with Gasteiger partial charge in [0.15, 0.2) is 0 Å². The summed E-state index contributed by atoms with van der Waals surface area (Å²) in [4.78, 5) is 28.2. The zero-order chi connectivity index (χ0) is 17.4. The van der Waals surface area contributed by atoms with Gasteiger partial charge in [0.1, 0.15) is 17.9 Å². The van der Waals surface area contributed by atoms with Gasteiger partial charge in [0.25, 0.3) is 5.56 Å². The number of nitrogens with zero attached hydrogens (tertiary/aromatic N) is 3. The second-order valence-electron chi connectivity index (χ2n) is 5.29. The Morgan fingerprint density at radius 3 is 2.43 bits per heavy atom. The predicted molar refractivity (Wildman–Crippen MR) is 75.3 cm³/mol. The van der Waals surface area contributed by atoms with E-state index in [1.165, 1.54) is 6.20 Å². The third-order valence-electron chi connectivity index (χ3n) is 3.30. The minimum absolute atomic E-state index is 0.00989. The van der Waals surface area contributed by atoms with E-state index in [9.17, 15) is 22.8 Å². The van der Waals surface area contributed by atoms with Crippen LogP contribution in [0.2, 0.25) is 0 Å². The molecule has 2 aromatic rings. The third-order valence-corrected chi connectivity index (χ3v) is 3.30. The molecular weight excluding hydrogens is 315 g/mol. The molecule has 0 saturated carbocycles. The second kappa shape index (κ2) is 6.05. The van der Waals surface area contributed by atoms with E-state index in [0.29, 0.717) is 22.9 Å². The highest BCUT2D eigenvalue weighted by Gasteiger charge is 2.36. The lowest BCUT2D eigenvalue weighted by Crippen LogP contribution is -2.43. The Morgan fingerprint density at radius 2 is 1.96 bits per heavy atom. The van der Waals surface area contributed by atoms with E-state index in [1.54, 1.807) is 13.8 Å². The number of hydrogen-bond donors (Lipinski definition) is 0. The van der Waals surface area contributed by atoms with Crippen molar-refractivity contribution in [2.75, 3.05) is 0 Å². The maximum absolute atomic E-state index is 13.0. The van der Waals surface area contributed by atoms with Gasteiger partial charge in [-0.1, -0.05) is 6.92 Å². The molecular formula is C14H16F3N3O3. The van der Waals surface area contributed by atoms with E-state index in [2.05, 4.69) is 4.98 Å². The molecule has 0 amide bonds. The van der Waals surface area contributed by atoms with Crippen LogP contribution in [0, 0.1) is 0 Å². The van der Waals surface area contributed by atoms with Crippen LogP contribution in [-0.2, 0) is 19.1 Å². The maximum atomic E-state index is 13.0. The monoisotopic (exact) mass is 331 g/mol. The van der Waals surface area contributed by atoms with E-state index in [1.807, 2.05) is 6.92 Å². The summed E-state index contributed by atoms with van der Waals surface area (Å²) in [7, 11) is 0. The van der Waals surface area contributed by atoms with Gasteiger partial charge in [-0.05, 0) is 13.8 Å². The zero-order valence-corrected chi connectivity index (χ0v) is 12.8. The van der Waals surface area contributed by atoms with Crippen LogP contribution < -0.4 is 11.2 Å². The first kappa shape index (κ1) is 17.0. The fourth-order valence-electron chi connectivity index (χ4n) is 2.04. The molecule has 0 aliphatic rings. The summed E-state index contributed by atoms with van der Waals surface area (Å²) in [5.41, 5.74) is -3.64. The molecule has 2 heterocycles. The van der Waals surface area contributed by atoms with Gasteiger partial charge >= 0.3 is 11.9 Å². The summed E-state index contributed by atoms with van der Waals surface area (Å²) >= 11 is 0. The molecule has 2 aromatic heterocycles. The van der Waals surface area contributed by atoms with Gasteiger partial charge in [0.05, 0.1) is 6.20 Å². The van der Waals surface area contributed by atoms with E-state index < -0.39 is 35.6 Å². The fourth-order valence-corrected chi connectivity index (χ4v) is 2.04. The van der Waals surface area contributed by atoms with E-state index in [-0.39, 0.29) is 5.89 Å². The summed E-state index contributed by atoms with van der Waals surface area (Å²) in [5, 5.41) is 0.